The topological polar surface area (TPSA) is 67.8 Å². The minimum absolute atomic E-state index is 0.131. The van der Waals surface area contributed by atoms with Crippen molar-refractivity contribution < 1.29 is 19.4 Å². The zero-order valence-corrected chi connectivity index (χ0v) is 14.7. The zero-order valence-electron chi connectivity index (χ0n) is 13.9. The molecule has 0 heterocycles. The number of benzene rings is 2. The lowest BCUT2D eigenvalue weighted by Crippen LogP contribution is -2.28. The van der Waals surface area contributed by atoms with Crippen LogP contribution >= 0.6 is 11.8 Å². The van der Waals surface area contributed by atoms with Crippen LogP contribution in [0.4, 0.5) is 0 Å². The summed E-state index contributed by atoms with van der Waals surface area (Å²) in [5, 5.41) is 12.9. The predicted molar refractivity (Wildman–Crippen MR) is 95.1 cm³/mol. The standard InChI is InChI=1S/C18H21NO4S/c1-22-16-9-6-13(10-17(16)23-2)18(21)19-11-15(20)12-4-7-14(24-3)8-5-12/h4-10,15,20H,11H2,1-3H3,(H,19,21). The molecule has 24 heavy (non-hydrogen) atoms. The average molecular weight is 347 g/mol. The molecule has 0 aliphatic heterocycles. The van der Waals surface area contributed by atoms with Crippen molar-refractivity contribution >= 4 is 17.7 Å². The van der Waals surface area contributed by atoms with E-state index >= 15 is 0 Å². The number of aliphatic hydroxyl groups excluding tert-OH is 1. The van der Waals surface area contributed by atoms with Crippen LogP contribution in [0.25, 0.3) is 0 Å². The van der Waals surface area contributed by atoms with Crippen molar-refractivity contribution in [1.82, 2.24) is 5.32 Å². The first-order valence-corrected chi connectivity index (χ1v) is 8.63. The van der Waals surface area contributed by atoms with Crippen LogP contribution < -0.4 is 14.8 Å². The Morgan fingerprint density at radius 1 is 1.12 bits per heavy atom. The van der Waals surface area contributed by atoms with E-state index in [2.05, 4.69) is 5.32 Å². The molecule has 0 aromatic heterocycles. The van der Waals surface area contributed by atoms with Crippen LogP contribution in [0, 0.1) is 0 Å². The Morgan fingerprint density at radius 2 is 1.79 bits per heavy atom. The van der Waals surface area contributed by atoms with Crippen molar-refractivity contribution in [3.63, 3.8) is 0 Å². The third-order valence-electron chi connectivity index (χ3n) is 3.60. The molecule has 0 fully saturated rings. The van der Waals surface area contributed by atoms with E-state index < -0.39 is 6.10 Å². The Labute approximate surface area is 146 Å². The summed E-state index contributed by atoms with van der Waals surface area (Å²) in [6.07, 6.45) is 1.24. The number of hydrogen-bond acceptors (Lipinski definition) is 5. The minimum atomic E-state index is -0.759. The van der Waals surface area contributed by atoms with Gasteiger partial charge in [-0.05, 0) is 42.2 Å². The lowest BCUT2D eigenvalue weighted by atomic mass is 10.1. The van der Waals surface area contributed by atoms with Gasteiger partial charge in [-0.15, -0.1) is 11.8 Å². The third kappa shape index (κ3) is 4.43. The van der Waals surface area contributed by atoms with Crippen LogP contribution in [-0.4, -0.2) is 38.0 Å². The number of carbonyl (C=O) groups is 1. The Bertz CT molecular complexity index is 688. The molecule has 2 rings (SSSR count). The summed E-state index contributed by atoms with van der Waals surface area (Å²) in [6.45, 7) is 0.131. The lowest BCUT2D eigenvalue weighted by molar-refractivity contribution is 0.0916. The molecule has 2 aromatic carbocycles. The van der Waals surface area contributed by atoms with Crippen LogP contribution in [0.2, 0.25) is 0 Å². The van der Waals surface area contributed by atoms with Crippen LogP contribution in [0.15, 0.2) is 47.4 Å². The number of thioether (sulfide) groups is 1. The van der Waals surface area contributed by atoms with Gasteiger partial charge in [0.05, 0.1) is 20.3 Å². The quantitative estimate of drug-likeness (QED) is 0.754. The summed E-state index contributed by atoms with van der Waals surface area (Å²) >= 11 is 1.64. The highest BCUT2D eigenvalue weighted by Crippen LogP contribution is 2.27. The highest BCUT2D eigenvalue weighted by molar-refractivity contribution is 7.98. The highest BCUT2D eigenvalue weighted by atomic mass is 32.2. The van der Waals surface area contributed by atoms with Crippen LogP contribution in [0.1, 0.15) is 22.0 Å². The van der Waals surface area contributed by atoms with E-state index in [1.54, 1.807) is 30.0 Å². The minimum Gasteiger partial charge on any atom is -0.493 e. The fourth-order valence-corrected chi connectivity index (χ4v) is 2.62. The lowest BCUT2D eigenvalue weighted by Gasteiger charge is -2.14. The summed E-state index contributed by atoms with van der Waals surface area (Å²) in [6, 6.07) is 12.5. The molecule has 6 heteroatoms. The maximum atomic E-state index is 12.2. The average Bonchev–Trinajstić information content (AvgIpc) is 2.65. The predicted octanol–water partition coefficient (Wildman–Crippen LogP) is 2.89. The first-order chi connectivity index (χ1) is 11.6. The van der Waals surface area contributed by atoms with Gasteiger partial charge in [-0.3, -0.25) is 4.79 Å². The molecular weight excluding hydrogens is 326 g/mol. The Kier molecular flexibility index (Phi) is 6.52. The van der Waals surface area contributed by atoms with Crippen molar-refractivity contribution in [2.75, 3.05) is 27.0 Å². The van der Waals surface area contributed by atoms with E-state index in [-0.39, 0.29) is 12.5 Å². The van der Waals surface area contributed by atoms with E-state index in [0.29, 0.717) is 17.1 Å². The molecule has 0 saturated carbocycles. The number of carbonyl (C=O) groups excluding carboxylic acids is 1. The smallest absolute Gasteiger partial charge is 0.251 e. The molecule has 1 unspecified atom stereocenters. The van der Waals surface area contributed by atoms with Crippen molar-refractivity contribution in [3.05, 3.63) is 53.6 Å². The molecule has 0 bridgehead atoms. The van der Waals surface area contributed by atoms with E-state index in [4.69, 9.17) is 9.47 Å². The summed E-state index contributed by atoms with van der Waals surface area (Å²) in [4.78, 5) is 13.4. The van der Waals surface area contributed by atoms with Gasteiger partial charge in [-0.1, -0.05) is 12.1 Å². The number of aliphatic hydroxyl groups is 1. The van der Waals surface area contributed by atoms with Crippen LogP contribution in [-0.2, 0) is 0 Å². The molecule has 5 nitrogen and oxygen atoms in total. The second-order valence-electron chi connectivity index (χ2n) is 5.07. The molecule has 2 aromatic rings. The molecule has 1 atom stereocenters. The van der Waals surface area contributed by atoms with Crippen molar-refractivity contribution in [2.24, 2.45) is 0 Å². The fourth-order valence-electron chi connectivity index (χ4n) is 2.21. The summed E-state index contributed by atoms with van der Waals surface area (Å²) in [5.74, 6) is 0.761. The van der Waals surface area contributed by atoms with Crippen molar-refractivity contribution in [1.29, 1.82) is 0 Å². The number of hydrogen-bond donors (Lipinski definition) is 2. The fraction of sp³-hybridized carbons (Fsp3) is 0.278. The first kappa shape index (κ1) is 18.2. The van der Waals surface area contributed by atoms with Crippen molar-refractivity contribution in [2.45, 2.75) is 11.0 Å². The molecule has 0 saturated heterocycles. The zero-order chi connectivity index (χ0) is 17.5. The molecule has 128 valence electrons. The molecule has 2 N–H and O–H groups in total. The molecular formula is C18H21NO4S. The second-order valence-corrected chi connectivity index (χ2v) is 5.95. The Morgan fingerprint density at radius 3 is 2.38 bits per heavy atom. The number of methoxy groups -OCH3 is 2. The SMILES string of the molecule is COc1ccc(C(=O)NCC(O)c2ccc(SC)cc2)cc1OC. The molecule has 0 aliphatic rings. The van der Waals surface area contributed by atoms with Gasteiger partial charge >= 0.3 is 0 Å². The number of ether oxygens (including phenoxy) is 2. The highest BCUT2D eigenvalue weighted by Gasteiger charge is 2.13. The van der Waals surface area contributed by atoms with Gasteiger partial charge in [0.1, 0.15) is 0 Å². The van der Waals surface area contributed by atoms with Gasteiger partial charge in [-0.2, -0.15) is 0 Å². The summed E-state index contributed by atoms with van der Waals surface area (Å²) in [7, 11) is 3.05. The normalized spacial score (nSPS) is 11.7. The van der Waals surface area contributed by atoms with Crippen LogP contribution in [0.3, 0.4) is 0 Å². The first-order valence-electron chi connectivity index (χ1n) is 7.41. The second kappa shape index (κ2) is 8.61. The maximum Gasteiger partial charge on any atom is 0.251 e. The Hall–Kier alpha value is -2.18. The molecule has 0 radical (unpaired) electrons. The van der Waals surface area contributed by atoms with E-state index in [1.807, 2.05) is 30.5 Å². The van der Waals surface area contributed by atoms with Gasteiger partial charge in [0.15, 0.2) is 11.5 Å². The van der Waals surface area contributed by atoms with Gasteiger partial charge in [0, 0.05) is 17.0 Å². The molecule has 0 spiro atoms. The van der Waals surface area contributed by atoms with Gasteiger partial charge in [0.2, 0.25) is 0 Å². The summed E-state index contributed by atoms with van der Waals surface area (Å²) < 4.78 is 10.3. The van der Waals surface area contributed by atoms with E-state index in [0.717, 1.165) is 10.5 Å². The monoisotopic (exact) mass is 347 g/mol. The van der Waals surface area contributed by atoms with E-state index in [1.165, 1.54) is 14.2 Å². The van der Waals surface area contributed by atoms with Gasteiger partial charge in [-0.25, -0.2) is 0 Å². The van der Waals surface area contributed by atoms with Gasteiger partial charge < -0.3 is 19.9 Å². The van der Waals surface area contributed by atoms with E-state index in [9.17, 15) is 9.90 Å². The third-order valence-corrected chi connectivity index (χ3v) is 4.35. The molecule has 0 aliphatic carbocycles. The summed E-state index contributed by atoms with van der Waals surface area (Å²) in [5.41, 5.74) is 1.21. The van der Waals surface area contributed by atoms with Crippen LogP contribution in [0.5, 0.6) is 11.5 Å². The number of rotatable bonds is 7. The number of nitrogens with one attached hydrogen (secondary N) is 1. The maximum absolute atomic E-state index is 12.2. The largest absolute Gasteiger partial charge is 0.493 e. The van der Waals surface area contributed by atoms with Crippen molar-refractivity contribution in [3.8, 4) is 11.5 Å². The van der Waals surface area contributed by atoms with Gasteiger partial charge in [0.25, 0.3) is 5.91 Å². The Balaban J connectivity index is 1.99. The number of amides is 1. The molecule has 1 amide bonds.